The summed E-state index contributed by atoms with van der Waals surface area (Å²) in [6.45, 7) is 11.8. The van der Waals surface area contributed by atoms with Crippen LogP contribution in [0.4, 0.5) is 0 Å². The smallest absolute Gasteiger partial charge is 0.124 e. The summed E-state index contributed by atoms with van der Waals surface area (Å²) < 4.78 is 11.0. The van der Waals surface area contributed by atoms with Crippen LogP contribution in [0.2, 0.25) is 0 Å². The predicted molar refractivity (Wildman–Crippen MR) is 110 cm³/mol. The summed E-state index contributed by atoms with van der Waals surface area (Å²) in [5, 5.41) is 3.69. The standard InChI is InChI=1S/C23H32N2O2/c1-17-6-5-7-21(12-17)22(25-8-10-27-11-9-25)16-24-15-20-13-18(2)23(26-4)19(3)14-20/h5-7,12-14,22,24H,8-11,15-16H2,1-4H3. The lowest BCUT2D eigenvalue weighted by Crippen LogP contribution is -2.42. The molecule has 4 heteroatoms. The second-order valence-corrected chi connectivity index (χ2v) is 7.47. The predicted octanol–water partition coefficient (Wildman–Crippen LogP) is 3.78. The first-order valence-electron chi connectivity index (χ1n) is 9.81. The van der Waals surface area contributed by atoms with Crippen LogP contribution < -0.4 is 10.1 Å². The highest BCUT2D eigenvalue weighted by Crippen LogP contribution is 2.25. The second kappa shape index (κ2) is 9.36. The minimum absolute atomic E-state index is 0.370. The Morgan fingerprint density at radius 2 is 1.78 bits per heavy atom. The van der Waals surface area contributed by atoms with Gasteiger partial charge in [-0.25, -0.2) is 0 Å². The maximum atomic E-state index is 5.56. The molecule has 3 rings (SSSR count). The van der Waals surface area contributed by atoms with E-state index in [2.05, 4.69) is 67.4 Å². The van der Waals surface area contributed by atoms with Crippen molar-refractivity contribution < 1.29 is 9.47 Å². The molecule has 1 fully saturated rings. The lowest BCUT2D eigenvalue weighted by Gasteiger charge is -2.35. The van der Waals surface area contributed by atoms with E-state index in [4.69, 9.17) is 9.47 Å². The molecule has 2 aromatic carbocycles. The largest absolute Gasteiger partial charge is 0.496 e. The van der Waals surface area contributed by atoms with Crippen molar-refractivity contribution >= 4 is 0 Å². The Kier molecular flexibility index (Phi) is 6.89. The fourth-order valence-corrected chi connectivity index (χ4v) is 4.04. The molecule has 0 aromatic heterocycles. The lowest BCUT2D eigenvalue weighted by molar-refractivity contribution is 0.0161. The van der Waals surface area contributed by atoms with Gasteiger partial charge >= 0.3 is 0 Å². The van der Waals surface area contributed by atoms with E-state index in [0.717, 1.165) is 45.1 Å². The quantitative estimate of drug-likeness (QED) is 0.806. The van der Waals surface area contributed by atoms with Gasteiger partial charge in [-0.2, -0.15) is 0 Å². The van der Waals surface area contributed by atoms with Crippen LogP contribution in [-0.4, -0.2) is 44.9 Å². The van der Waals surface area contributed by atoms with Crippen molar-refractivity contribution in [2.24, 2.45) is 0 Å². The monoisotopic (exact) mass is 368 g/mol. The second-order valence-electron chi connectivity index (χ2n) is 7.47. The minimum atomic E-state index is 0.370. The van der Waals surface area contributed by atoms with E-state index in [0.29, 0.717) is 6.04 Å². The van der Waals surface area contributed by atoms with Gasteiger partial charge in [-0.05, 0) is 43.0 Å². The first kappa shape index (κ1) is 19.9. The lowest BCUT2D eigenvalue weighted by atomic mass is 10.0. The van der Waals surface area contributed by atoms with Gasteiger partial charge in [0.1, 0.15) is 5.75 Å². The van der Waals surface area contributed by atoms with Crippen molar-refractivity contribution in [1.29, 1.82) is 0 Å². The summed E-state index contributed by atoms with van der Waals surface area (Å²) in [6.07, 6.45) is 0. The van der Waals surface area contributed by atoms with Crippen LogP contribution in [0.3, 0.4) is 0 Å². The van der Waals surface area contributed by atoms with Crippen LogP contribution in [0, 0.1) is 20.8 Å². The van der Waals surface area contributed by atoms with Gasteiger partial charge in [-0.15, -0.1) is 0 Å². The zero-order chi connectivity index (χ0) is 19.2. The van der Waals surface area contributed by atoms with Crippen molar-refractivity contribution in [3.63, 3.8) is 0 Å². The molecule has 0 bridgehead atoms. The molecule has 0 amide bonds. The summed E-state index contributed by atoms with van der Waals surface area (Å²) in [4.78, 5) is 2.54. The fourth-order valence-electron chi connectivity index (χ4n) is 4.04. The normalized spacial score (nSPS) is 16.3. The number of hydrogen-bond acceptors (Lipinski definition) is 4. The molecule has 27 heavy (non-hydrogen) atoms. The Labute approximate surface area is 163 Å². The van der Waals surface area contributed by atoms with Crippen molar-refractivity contribution in [1.82, 2.24) is 10.2 Å². The zero-order valence-corrected chi connectivity index (χ0v) is 17.0. The van der Waals surface area contributed by atoms with Crippen molar-refractivity contribution in [3.8, 4) is 5.75 Å². The maximum Gasteiger partial charge on any atom is 0.124 e. The molecule has 4 nitrogen and oxygen atoms in total. The fraction of sp³-hybridized carbons (Fsp3) is 0.478. The molecule has 1 unspecified atom stereocenters. The zero-order valence-electron chi connectivity index (χ0n) is 17.0. The van der Waals surface area contributed by atoms with E-state index in [1.54, 1.807) is 7.11 Å². The molecule has 1 atom stereocenters. The molecule has 1 heterocycles. The van der Waals surface area contributed by atoms with Crippen LogP contribution in [0.15, 0.2) is 36.4 Å². The van der Waals surface area contributed by atoms with Crippen LogP contribution in [0.1, 0.15) is 33.9 Å². The molecule has 1 N–H and O–H groups in total. The third kappa shape index (κ3) is 5.10. The van der Waals surface area contributed by atoms with Crippen LogP contribution in [0.25, 0.3) is 0 Å². The SMILES string of the molecule is COc1c(C)cc(CNCC(c2cccc(C)c2)N2CCOCC2)cc1C. The first-order valence-corrected chi connectivity index (χ1v) is 9.81. The number of nitrogens with one attached hydrogen (secondary N) is 1. The highest BCUT2D eigenvalue weighted by atomic mass is 16.5. The van der Waals surface area contributed by atoms with Gasteiger partial charge in [0.2, 0.25) is 0 Å². The van der Waals surface area contributed by atoms with Gasteiger partial charge in [-0.1, -0.05) is 42.0 Å². The first-order chi connectivity index (χ1) is 13.1. The molecule has 0 spiro atoms. The third-order valence-corrected chi connectivity index (χ3v) is 5.30. The van der Waals surface area contributed by atoms with Crippen LogP contribution in [-0.2, 0) is 11.3 Å². The molecule has 1 saturated heterocycles. The van der Waals surface area contributed by atoms with E-state index in [1.807, 2.05) is 0 Å². The van der Waals surface area contributed by atoms with Gasteiger partial charge in [-0.3, -0.25) is 4.90 Å². The van der Waals surface area contributed by atoms with Gasteiger partial charge in [0.05, 0.1) is 20.3 Å². The summed E-state index contributed by atoms with van der Waals surface area (Å²) in [6, 6.07) is 13.7. The Balaban J connectivity index is 1.69. The number of hydrogen-bond donors (Lipinski definition) is 1. The molecule has 1 aliphatic rings. The van der Waals surface area contributed by atoms with Gasteiger partial charge in [0.15, 0.2) is 0 Å². The van der Waals surface area contributed by atoms with Gasteiger partial charge in [0.25, 0.3) is 0 Å². The molecular weight excluding hydrogens is 336 g/mol. The Bertz CT molecular complexity index is 731. The number of ether oxygens (including phenoxy) is 2. The molecule has 146 valence electrons. The number of aryl methyl sites for hydroxylation is 3. The molecular formula is C23H32N2O2. The summed E-state index contributed by atoms with van der Waals surface area (Å²) >= 11 is 0. The molecule has 1 aliphatic heterocycles. The van der Waals surface area contributed by atoms with Crippen LogP contribution in [0.5, 0.6) is 5.75 Å². The maximum absolute atomic E-state index is 5.56. The average Bonchev–Trinajstić information content (AvgIpc) is 2.66. The topological polar surface area (TPSA) is 33.7 Å². The Morgan fingerprint density at radius 1 is 1.07 bits per heavy atom. The molecule has 2 aromatic rings. The number of morpholine rings is 1. The third-order valence-electron chi connectivity index (χ3n) is 5.30. The minimum Gasteiger partial charge on any atom is -0.496 e. The van der Waals surface area contributed by atoms with Crippen molar-refractivity contribution in [2.45, 2.75) is 33.4 Å². The highest BCUT2D eigenvalue weighted by Gasteiger charge is 2.22. The number of benzene rings is 2. The molecule has 0 saturated carbocycles. The highest BCUT2D eigenvalue weighted by molar-refractivity contribution is 5.43. The number of methoxy groups -OCH3 is 1. The number of nitrogens with zero attached hydrogens (tertiary/aromatic N) is 1. The average molecular weight is 369 g/mol. The van der Waals surface area contributed by atoms with E-state index in [-0.39, 0.29) is 0 Å². The molecule has 0 aliphatic carbocycles. The van der Waals surface area contributed by atoms with E-state index < -0.39 is 0 Å². The Hall–Kier alpha value is -1.88. The van der Waals surface area contributed by atoms with E-state index >= 15 is 0 Å². The Morgan fingerprint density at radius 3 is 2.41 bits per heavy atom. The van der Waals surface area contributed by atoms with E-state index in [9.17, 15) is 0 Å². The summed E-state index contributed by atoms with van der Waals surface area (Å²) in [5.41, 5.74) is 6.38. The summed E-state index contributed by atoms with van der Waals surface area (Å²) in [7, 11) is 1.74. The van der Waals surface area contributed by atoms with Crippen molar-refractivity contribution in [2.75, 3.05) is 40.0 Å². The van der Waals surface area contributed by atoms with E-state index in [1.165, 1.54) is 27.8 Å². The van der Waals surface area contributed by atoms with Gasteiger partial charge in [0, 0.05) is 32.2 Å². The van der Waals surface area contributed by atoms with Crippen LogP contribution >= 0.6 is 0 Å². The van der Waals surface area contributed by atoms with Crippen molar-refractivity contribution in [3.05, 3.63) is 64.2 Å². The van der Waals surface area contributed by atoms with Gasteiger partial charge < -0.3 is 14.8 Å². The summed E-state index contributed by atoms with van der Waals surface area (Å²) in [5.74, 6) is 0.990. The molecule has 0 radical (unpaired) electrons. The number of rotatable bonds is 7.